The van der Waals surface area contributed by atoms with Crippen LogP contribution in [0.1, 0.15) is 18.9 Å². The molecule has 1 aliphatic heterocycles. The molecule has 2 rings (SSSR count). The third-order valence-corrected chi connectivity index (χ3v) is 3.47. The maximum absolute atomic E-state index is 12.8. The molecule has 0 amide bonds. The molecule has 1 aromatic carbocycles. The Hall–Kier alpha value is -0.930. The summed E-state index contributed by atoms with van der Waals surface area (Å²) in [4.78, 5) is 2.32. The minimum absolute atomic E-state index is 0.164. The summed E-state index contributed by atoms with van der Waals surface area (Å²) in [7, 11) is 2.13. The van der Waals surface area contributed by atoms with Crippen molar-refractivity contribution in [1.82, 2.24) is 10.2 Å². The third kappa shape index (κ3) is 3.51. The molecule has 1 aromatic rings. The molecule has 1 aliphatic rings. The standard InChI is InChI=1S/C14H21FN2/c1-14(7-8-16-10-14)11-17(2)9-12-3-5-13(15)6-4-12/h3-6,16H,7-11H2,1-2H3. The van der Waals surface area contributed by atoms with E-state index < -0.39 is 0 Å². The van der Waals surface area contributed by atoms with Crippen LogP contribution in [0.25, 0.3) is 0 Å². The summed E-state index contributed by atoms with van der Waals surface area (Å²) in [6.45, 7) is 6.52. The number of benzene rings is 1. The number of hydrogen-bond donors (Lipinski definition) is 1. The quantitative estimate of drug-likeness (QED) is 0.862. The summed E-state index contributed by atoms with van der Waals surface area (Å²) in [6, 6.07) is 6.78. The van der Waals surface area contributed by atoms with Crippen molar-refractivity contribution in [3.63, 3.8) is 0 Å². The van der Waals surface area contributed by atoms with Crippen molar-refractivity contribution >= 4 is 0 Å². The van der Waals surface area contributed by atoms with Crippen LogP contribution in [-0.2, 0) is 6.54 Å². The van der Waals surface area contributed by atoms with Gasteiger partial charge in [0.2, 0.25) is 0 Å². The Bertz CT molecular complexity index is 355. The van der Waals surface area contributed by atoms with Crippen molar-refractivity contribution < 1.29 is 4.39 Å². The van der Waals surface area contributed by atoms with Crippen LogP contribution >= 0.6 is 0 Å². The molecule has 1 atom stereocenters. The number of nitrogens with zero attached hydrogens (tertiary/aromatic N) is 1. The molecule has 0 radical (unpaired) electrons. The zero-order valence-electron chi connectivity index (χ0n) is 10.7. The van der Waals surface area contributed by atoms with Gasteiger partial charge in [-0.2, -0.15) is 0 Å². The highest BCUT2D eigenvalue weighted by Crippen LogP contribution is 2.25. The molecule has 0 spiro atoms. The van der Waals surface area contributed by atoms with Gasteiger partial charge in [-0.15, -0.1) is 0 Å². The van der Waals surface area contributed by atoms with Crippen molar-refractivity contribution in [2.45, 2.75) is 19.9 Å². The molecule has 1 unspecified atom stereocenters. The number of rotatable bonds is 4. The van der Waals surface area contributed by atoms with Gasteiger partial charge < -0.3 is 10.2 Å². The average molecular weight is 236 g/mol. The van der Waals surface area contributed by atoms with Gasteiger partial charge in [-0.3, -0.25) is 0 Å². The lowest BCUT2D eigenvalue weighted by molar-refractivity contribution is 0.203. The monoisotopic (exact) mass is 236 g/mol. The fraction of sp³-hybridized carbons (Fsp3) is 0.571. The molecule has 0 saturated carbocycles. The van der Waals surface area contributed by atoms with E-state index in [0.29, 0.717) is 5.41 Å². The van der Waals surface area contributed by atoms with Crippen LogP contribution in [-0.4, -0.2) is 31.6 Å². The van der Waals surface area contributed by atoms with Crippen LogP contribution in [0, 0.1) is 11.2 Å². The van der Waals surface area contributed by atoms with Crippen LogP contribution in [0.5, 0.6) is 0 Å². The van der Waals surface area contributed by atoms with E-state index in [0.717, 1.165) is 26.2 Å². The molecule has 1 fully saturated rings. The highest BCUT2D eigenvalue weighted by Gasteiger charge is 2.29. The van der Waals surface area contributed by atoms with Crippen molar-refractivity contribution in [3.05, 3.63) is 35.6 Å². The van der Waals surface area contributed by atoms with Crippen molar-refractivity contribution in [3.8, 4) is 0 Å². The fourth-order valence-corrected chi connectivity index (χ4v) is 2.61. The van der Waals surface area contributed by atoms with Gasteiger partial charge in [0, 0.05) is 19.6 Å². The Balaban J connectivity index is 1.88. The summed E-state index contributed by atoms with van der Waals surface area (Å²) in [5, 5.41) is 3.41. The number of halogens is 1. The summed E-state index contributed by atoms with van der Waals surface area (Å²) in [6.07, 6.45) is 1.24. The molecule has 94 valence electrons. The largest absolute Gasteiger partial charge is 0.316 e. The Morgan fingerprint density at radius 3 is 2.65 bits per heavy atom. The molecule has 1 N–H and O–H groups in total. The number of hydrogen-bond acceptors (Lipinski definition) is 2. The van der Waals surface area contributed by atoms with Crippen molar-refractivity contribution in [2.75, 3.05) is 26.7 Å². The summed E-state index contributed by atoms with van der Waals surface area (Å²) in [5.74, 6) is -0.164. The van der Waals surface area contributed by atoms with E-state index in [2.05, 4.69) is 24.2 Å². The van der Waals surface area contributed by atoms with Gasteiger partial charge in [0.1, 0.15) is 5.82 Å². The maximum Gasteiger partial charge on any atom is 0.123 e. The maximum atomic E-state index is 12.8. The second-order valence-corrected chi connectivity index (χ2v) is 5.54. The fourth-order valence-electron chi connectivity index (χ4n) is 2.61. The van der Waals surface area contributed by atoms with E-state index in [1.54, 1.807) is 0 Å². The van der Waals surface area contributed by atoms with Gasteiger partial charge in [-0.05, 0) is 43.1 Å². The van der Waals surface area contributed by atoms with E-state index in [9.17, 15) is 4.39 Å². The topological polar surface area (TPSA) is 15.3 Å². The molecule has 1 saturated heterocycles. The highest BCUT2D eigenvalue weighted by atomic mass is 19.1. The molecule has 1 heterocycles. The predicted octanol–water partition coefficient (Wildman–Crippen LogP) is 2.26. The lowest BCUT2D eigenvalue weighted by atomic mass is 9.89. The molecule has 0 aliphatic carbocycles. The first-order valence-corrected chi connectivity index (χ1v) is 6.21. The lowest BCUT2D eigenvalue weighted by Gasteiger charge is -2.29. The summed E-state index contributed by atoms with van der Waals surface area (Å²) >= 11 is 0. The van der Waals surface area contributed by atoms with E-state index >= 15 is 0 Å². The van der Waals surface area contributed by atoms with Crippen LogP contribution in [0.2, 0.25) is 0 Å². The minimum atomic E-state index is -0.164. The SMILES string of the molecule is CN(Cc1ccc(F)cc1)CC1(C)CCNC1. The number of nitrogens with one attached hydrogen (secondary N) is 1. The molecular weight excluding hydrogens is 215 g/mol. The van der Waals surface area contributed by atoms with E-state index in [4.69, 9.17) is 0 Å². The van der Waals surface area contributed by atoms with Crippen molar-refractivity contribution in [1.29, 1.82) is 0 Å². The molecule has 2 nitrogen and oxygen atoms in total. The molecule has 0 aromatic heterocycles. The first kappa shape index (κ1) is 12.5. The van der Waals surface area contributed by atoms with Crippen LogP contribution < -0.4 is 5.32 Å². The van der Waals surface area contributed by atoms with E-state index in [-0.39, 0.29) is 5.82 Å². The molecular formula is C14H21FN2. The second-order valence-electron chi connectivity index (χ2n) is 5.54. The molecule has 3 heteroatoms. The average Bonchev–Trinajstić information content (AvgIpc) is 2.68. The Labute approximate surface area is 103 Å². The Morgan fingerprint density at radius 2 is 2.06 bits per heavy atom. The van der Waals surface area contributed by atoms with Gasteiger partial charge in [-0.1, -0.05) is 19.1 Å². The van der Waals surface area contributed by atoms with Crippen LogP contribution in [0.3, 0.4) is 0 Å². The predicted molar refractivity (Wildman–Crippen MR) is 68.3 cm³/mol. The first-order chi connectivity index (χ1) is 8.07. The van der Waals surface area contributed by atoms with Crippen molar-refractivity contribution in [2.24, 2.45) is 5.41 Å². The zero-order chi connectivity index (χ0) is 12.3. The normalized spacial score (nSPS) is 24.5. The Morgan fingerprint density at radius 1 is 1.35 bits per heavy atom. The van der Waals surface area contributed by atoms with Crippen LogP contribution in [0.4, 0.5) is 4.39 Å². The van der Waals surface area contributed by atoms with Gasteiger partial charge in [-0.25, -0.2) is 4.39 Å². The highest BCUT2D eigenvalue weighted by molar-refractivity contribution is 5.15. The second kappa shape index (κ2) is 5.15. The van der Waals surface area contributed by atoms with Gasteiger partial charge in [0.15, 0.2) is 0 Å². The summed E-state index contributed by atoms with van der Waals surface area (Å²) < 4.78 is 12.8. The van der Waals surface area contributed by atoms with E-state index in [1.165, 1.54) is 24.1 Å². The molecule has 17 heavy (non-hydrogen) atoms. The van der Waals surface area contributed by atoms with Crippen LogP contribution in [0.15, 0.2) is 24.3 Å². The van der Waals surface area contributed by atoms with Gasteiger partial charge >= 0.3 is 0 Å². The smallest absolute Gasteiger partial charge is 0.123 e. The molecule has 0 bridgehead atoms. The zero-order valence-corrected chi connectivity index (χ0v) is 10.7. The minimum Gasteiger partial charge on any atom is -0.316 e. The Kier molecular flexibility index (Phi) is 3.79. The lowest BCUT2D eigenvalue weighted by Crippen LogP contribution is -2.34. The van der Waals surface area contributed by atoms with Gasteiger partial charge in [0.05, 0.1) is 0 Å². The summed E-state index contributed by atoms with van der Waals surface area (Å²) in [5.41, 5.74) is 1.55. The first-order valence-electron chi connectivity index (χ1n) is 6.21. The van der Waals surface area contributed by atoms with Gasteiger partial charge in [0.25, 0.3) is 0 Å². The third-order valence-electron chi connectivity index (χ3n) is 3.47. The van der Waals surface area contributed by atoms with E-state index in [1.807, 2.05) is 12.1 Å².